The summed E-state index contributed by atoms with van der Waals surface area (Å²) in [7, 11) is 0. The molecular formula is C15H24O. The van der Waals surface area contributed by atoms with E-state index in [4.69, 9.17) is 0 Å². The van der Waals surface area contributed by atoms with E-state index in [2.05, 4.69) is 13.8 Å². The van der Waals surface area contributed by atoms with Crippen LogP contribution in [0.15, 0.2) is 0 Å². The summed E-state index contributed by atoms with van der Waals surface area (Å²) in [6.07, 6.45) is 8.37. The van der Waals surface area contributed by atoms with Crippen molar-refractivity contribution < 1.29 is 4.79 Å². The largest absolute Gasteiger partial charge is 0.299 e. The molecule has 3 rings (SSSR count). The van der Waals surface area contributed by atoms with Crippen LogP contribution in [0.2, 0.25) is 0 Å². The molecule has 0 saturated heterocycles. The molecule has 3 aliphatic carbocycles. The van der Waals surface area contributed by atoms with Crippen LogP contribution in [0.4, 0.5) is 0 Å². The van der Waals surface area contributed by atoms with Crippen molar-refractivity contribution in [3.05, 3.63) is 0 Å². The molecule has 0 N–H and O–H groups in total. The Balaban J connectivity index is 1.69. The summed E-state index contributed by atoms with van der Waals surface area (Å²) in [5.41, 5.74) is 0. The summed E-state index contributed by atoms with van der Waals surface area (Å²) in [6, 6.07) is 0. The van der Waals surface area contributed by atoms with E-state index >= 15 is 0 Å². The maximum atomic E-state index is 11.8. The Labute approximate surface area is 99.0 Å². The minimum absolute atomic E-state index is 0.341. The van der Waals surface area contributed by atoms with E-state index in [0.717, 1.165) is 23.7 Å². The van der Waals surface area contributed by atoms with Crippen LogP contribution in [0.3, 0.4) is 0 Å². The second kappa shape index (κ2) is 3.85. The molecule has 0 aromatic heterocycles. The number of rotatable bonds is 1. The van der Waals surface area contributed by atoms with Crippen molar-refractivity contribution in [1.29, 1.82) is 0 Å². The zero-order chi connectivity index (χ0) is 11.3. The molecule has 0 aromatic rings. The van der Waals surface area contributed by atoms with Gasteiger partial charge in [0, 0.05) is 11.8 Å². The van der Waals surface area contributed by atoms with Gasteiger partial charge in [-0.15, -0.1) is 0 Å². The number of hydrogen-bond donors (Lipinski definition) is 0. The van der Waals surface area contributed by atoms with E-state index in [-0.39, 0.29) is 0 Å². The molecule has 0 radical (unpaired) electrons. The predicted molar refractivity (Wildman–Crippen MR) is 65.0 cm³/mol. The first-order chi connectivity index (χ1) is 7.65. The van der Waals surface area contributed by atoms with Crippen LogP contribution in [0.5, 0.6) is 0 Å². The summed E-state index contributed by atoms with van der Waals surface area (Å²) < 4.78 is 0. The smallest absolute Gasteiger partial charge is 0.138 e. The van der Waals surface area contributed by atoms with Gasteiger partial charge in [0.2, 0.25) is 0 Å². The van der Waals surface area contributed by atoms with Gasteiger partial charge in [-0.05, 0) is 55.8 Å². The lowest BCUT2D eigenvalue weighted by Crippen LogP contribution is -2.34. The minimum Gasteiger partial charge on any atom is -0.299 e. The molecule has 0 heterocycles. The van der Waals surface area contributed by atoms with Crippen molar-refractivity contribution in [2.75, 3.05) is 0 Å². The topological polar surface area (TPSA) is 17.1 Å². The van der Waals surface area contributed by atoms with Crippen LogP contribution in [0, 0.1) is 35.5 Å². The van der Waals surface area contributed by atoms with E-state index in [9.17, 15) is 4.79 Å². The normalized spacial score (nSPS) is 52.2. The fraction of sp³-hybridized carbons (Fsp3) is 0.933. The van der Waals surface area contributed by atoms with E-state index in [1.54, 1.807) is 0 Å². The molecular weight excluding hydrogens is 196 g/mol. The molecule has 3 aliphatic rings. The first-order valence-electron chi connectivity index (χ1n) is 7.19. The number of carbonyl (C=O) groups excluding carboxylic acids is 1. The third-order valence-corrected chi connectivity index (χ3v) is 5.68. The fourth-order valence-corrected chi connectivity index (χ4v) is 4.94. The third kappa shape index (κ3) is 1.63. The van der Waals surface area contributed by atoms with Gasteiger partial charge in [-0.3, -0.25) is 4.79 Å². The SMILES string of the molecule is C[C@@H]1CC([C@H]2C[C@H]3CC[C@H]2C3)C[C@H](C)C1=O. The molecule has 1 nitrogen and oxygen atoms in total. The van der Waals surface area contributed by atoms with Gasteiger partial charge < -0.3 is 0 Å². The van der Waals surface area contributed by atoms with E-state index in [0.29, 0.717) is 17.6 Å². The van der Waals surface area contributed by atoms with E-state index < -0.39 is 0 Å². The Morgan fingerprint density at radius 1 is 0.875 bits per heavy atom. The Morgan fingerprint density at radius 3 is 2.06 bits per heavy atom. The van der Waals surface area contributed by atoms with Gasteiger partial charge in [-0.2, -0.15) is 0 Å². The molecule has 1 heteroatoms. The Bertz CT molecular complexity index is 282. The third-order valence-electron chi connectivity index (χ3n) is 5.68. The molecule has 1 unspecified atom stereocenters. The Morgan fingerprint density at radius 2 is 1.56 bits per heavy atom. The zero-order valence-corrected chi connectivity index (χ0v) is 10.6. The van der Waals surface area contributed by atoms with Crippen LogP contribution >= 0.6 is 0 Å². The number of fused-ring (bicyclic) bond motifs is 2. The van der Waals surface area contributed by atoms with Crippen molar-refractivity contribution in [3.8, 4) is 0 Å². The van der Waals surface area contributed by atoms with Gasteiger partial charge in [0.15, 0.2) is 0 Å². The number of hydrogen-bond acceptors (Lipinski definition) is 1. The maximum Gasteiger partial charge on any atom is 0.138 e. The highest BCUT2D eigenvalue weighted by Crippen LogP contribution is 2.54. The highest BCUT2D eigenvalue weighted by Gasteiger charge is 2.45. The average molecular weight is 220 g/mol. The lowest BCUT2D eigenvalue weighted by Gasteiger charge is -2.37. The Hall–Kier alpha value is -0.330. The molecule has 2 bridgehead atoms. The van der Waals surface area contributed by atoms with Crippen molar-refractivity contribution in [3.63, 3.8) is 0 Å². The van der Waals surface area contributed by atoms with Crippen LogP contribution in [-0.4, -0.2) is 5.78 Å². The summed E-state index contributed by atoms with van der Waals surface area (Å²) in [5.74, 6) is 5.15. The fourth-order valence-electron chi connectivity index (χ4n) is 4.94. The second-order valence-corrected chi connectivity index (χ2v) is 6.77. The summed E-state index contributed by atoms with van der Waals surface area (Å²) in [5, 5.41) is 0. The lowest BCUT2D eigenvalue weighted by atomic mass is 9.67. The van der Waals surface area contributed by atoms with Crippen LogP contribution in [0.1, 0.15) is 52.4 Å². The molecule has 90 valence electrons. The van der Waals surface area contributed by atoms with E-state index in [1.165, 1.54) is 38.5 Å². The number of carbonyl (C=O) groups is 1. The first-order valence-corrected chi connectivity index (χ1v) is 7.19. The molecule has 16 heavy (non-hydrogen) atoms. The standard InChI is InChI=1S/C15H24O/c1-9-5-13(6-10(2)15(9)16)14-8-11-3-4-12(14)7-11/h9-14H,3-8H2,1-2H3/t9-,10+,11-,12-,13?,14-/m0/s1. The lowest BCUT2D eigenvalue weighted by molar-refractivity contribution is -0.130. The minimum atomic E-state index is 0.341. The van der Waals surface area contributed by atoms with Crippen molar-refractivity contribution in [1.82, 2.24) is 0 Å². The van der Waals surface area contributed by atoms with Gasteiger partial charge in [0.05, 0.1) is 0 Å². The van der Waals surface area contributed by atoms with Crippen molar-refractivity contribution in [2.24, 2.45) is 35.5 Å². The van der Waals surface area contributed by atoms with Crippen molar-refractivity contribution >= 4 is 5.78 Å². The average Bonchev–Trinajstić information content (AvgIpc) is 2.86. The van der Waals surface area contributed by atoms with Crippen LogP contribution in [0.25, 0.3) is 0 Å². The van der Waals surface area contributed by atoms with Crippen LogP contribution < -0.4 is 0 Å². The molecule has 0 amide bonds. The van der Waals surface area contributed by atoms with Gasteiger partial charge >= 0.3 is 0 Å². The predicted octanol–water partition coefficient (Wildman–Crippen LogP) is 3.67. The molecule has 3 saturated carbocycles. The number of ketones is 1. The highest BCUT2D eigenvalue weighted by molar-refractivity contribution is 5.83. The molecule has 3 fully saturated rings. The summed E-state index contributed by atoms with van der Waals surface area (Å²) in [4.78, 5) is 11.8. The monoisotopic (exact) mass is 220 g/mol. The second-order valence-electron chi connectivity index (χ2n) is 6.77. The quantitative estimate of drug-likeness (QED) is 0.659. The zero-order valence-electron chi connectivity index (χ0n) is 10.6. The highest BCUT2D eigenvalue weighted by atomic mass is 16.1. The van der Waals surface area contributed by atoms with Crippen LogP contribution in [-0.2, 0) is 4.79 Å². The van der Waals surface area contributed by atoms with E-state index in [1.807, 2.05) is 0 Å². The van der Waals surface area contributed by atoms with Gasteiger partial charge in [0.1, 0.15) is 5.78 Å². The van der Waals surface area contributed by atoms with Crippen molar-refractivity contribution in [2.45, 2.75) is 52.4 Å². The Kier molecular flexibility index (Phi) is 2.60. The summed E-state index contributed by atoms with van der Waals surface area (Å²) in [6.45, 7) is 4.30. The number of Topliss-reactive ketones (excluding diaryl/α,β-unsaturated/α-hetero) is 1. The summed E-state index contributed by atoms with van der Waals surface area (Å²) >= 11 is 0. The molecule has 0 spiro atoms. The maximum absolute atomic E-state index is 11.8. The van der Waals surface area contributed by atoms with Gasteiger partial charge in [-0.25, -0.2) is 0 Å². The van der Waals surface area contributed by atoms with Gasteiger partial charge in [0.25, 0.3) is 0 Å². The molecule has 0 aliphatic heterocycles. The van der Waals surface area contributed by atoms with Gasteiger partial charge in [-0.1, -0.05) is 20.3 Å². The molecule has 0 aromatic carbocycles. The first kappa shape index (κ1) is 10.8. The molecule has 6 atom stereocenters.